The first-order valence-corrected chi connectivity index (χ1v) is 10.5. The largest absolute Gasteiger partial charge is 0.309 e. The van der Waals surface area contributed by atoms with Crippen LogP contribution in [0.25, 0.3) is 0 Å². The third kappa shape index (κ3) is 6.51. The number of hydrogen-bond donors (Lipinski definition) is 0. The fourth-order valence-corrected chi connectivity index (χ4v) is 4.56. The molecule has 24 heavy (non-hydrogen) atoms. The van der Waals surface area contributed by atoms with Crippen LogP contribution in [0.5, 0.6) is 0 Å². The standard InChI is InChI=1S/C18H31N3O2S/c1-19(2)11-7-12-20-13-15-21(16-14-20)24(22,23)17-6-10-18-8-4-3-5-9-18/h3-5,8-9H,6-7,10-17H2,1-2H3. The molecule has 6 heteroatoms. The van der Waals surface area contributed by atoms with Crippen molar-refractivity contribution < 1.29 is 8.42 Å². The van der Waals surface area contributed by atoms with E-state index < -0.39 is 10.0 Å². The molecule has 136 valence electrons. The summed E-state index contributed by atoms with van der Waals surface area (Å²) in [5, 5.41) is 0. The van der Waals surface area contributed by atoms with Gasteiger partial charge in [0.05, 0.1) is 5.75 Å². The van der Waals surface area contributed by atoms with Gasteiger partial charge in [-0.25, -0.2) is 8.42 Å². The Morgan fingerprint density at radius 1 is 1.00 bits per heavy atom. The Balaban J connectivity index is 1.69. The molecule has 5 nitrogen and oxygen atoms in total. The van der Waals surface area contributed by atoms with Crippen LogP contribution >= 0.6 is 0 Å². The SMILES string of the molecule is CN(C)CCCN1CCN(S(=O)(=O)CCCc2ccccc2)CC1. The minimum Gasteiger partial charge on any atom is -0.309 e. The zero-order valence-corrected chi connectivity index (χ0v) is 15.8. The smallest absolute Gasteiger partial charge is 0.214 e. The molecule has 1 aliphatic rings. The zero-order valence-electron chi connectivity index (χ0n) is 15.0. The quantitative estimate of drug-likeness (QED) is 0.675. The normalized spacial score (nSPS) is 17.5. The van der Waals surface area contributed by atoms with Gasteiger partial charge in [0, 0.05) is 26.2 Å². The summed E-state index contributed by atoms with van der Waals surface area (Å²) in [5.41, 5.74) is 1.21. The van der Waals surface area contributed by atoms with E-state index in [4.69, 9.17) is 0 Å². The third-order valence-electron chi connectivity index (χ3n) is 4.51. The Morgan fingerprint density at radius 3 is 2.29 bits per heavy atom. The van der Waals surface area contributed by atoms with Crippen molar-refractivity contribution in [1.29, 1.82) is 0 Å². The van der Waals surface area contributed by atoms with Crippen LogP contribution in [0.4, 0.5) is 0 Å². The highest BCUT2D eigenvalue weighted by molar-refractivity contribution is 7.89. The van der Waals surface area contributed by atoms with Gasteiger partial charge in [-0.05, 0) is 52.0 Å². The Morgan fingerprint density at radius 2 is 1.67 bits per heavy atom. The Labute approximate surface area is 147 Å². The number of nitrogens with zero attached hydrogens (tertiary/aromatic N) is 3. The minimum absolute atomic E-state index is 0.253. The van der Waals surface area contributed by atoms with Crippen LogP contribution in [0.1, 0.15) is 18.4 Å². The first kappa shape index (κ1) is 19.4. The second-order valence-corrected chi connectivity index (χ2v) is 8.89. The minimum atomic E-state index is -3.11. The van der Waals surface area contributed by atoms with Crippen LogP contribution in [-0.4, -0.2) is 81.6 Å². The molecule has 0 amide bonds. The second-order valence-electron chi connectivity index (χ2n) is 6.80. The van der Waals surface area contributed by atoms with Crippen molar-refractivity contribution in [2.75, 3.05) is 59.1 Å². The maximum atomic E-state index is 12.5. The van der Waals surface area contributed by atoms with Crippen LogP contribution in [0, 0.1) is 0 Å². The van der Waals surface area contributed by atoms with E-state index in [0.717, 1.165) is 39.0 Å². The van der Waals surface area contributed by atoms with E-state index in [1.807, 2.05) is 18.2 Å². The van der Waals surface area contributed by atoms with Gasteiger partial charge in [-0.3, -0.25) is 0 Å². The second kappa shape index (κ2) is 9.51. The topological polar surface area (TPSA) is 43.9 Å². The molecule has 1 fully saturated rings. The van der Waals surface area contributed by atoms with Gasteiger partial charge in [-0.2, -0.15) is 4.31 Å². The van der Waals surface area contributed by atoms with Crippen LogP contribution in [0.3, 0.4) is 0 Å². The van der Waals surface area contributed by atoms with E-state index >= 15 is 0 Å². The third-order valence-corrected chi connectivity index (χ3v) is 6.47. The van der Waals surface area contributed by atoms with Crippen LogP contribution < -0.4 is 0 Å². The summed E-state index contributed by atoms with van der Waals surface area (Å²) < 4.78 is 26.7. The van der Waals surface area contributed by atoms with E-state index in [2.05, 4.69) is 36.0 Å². The van der Waals surface area contributed by atoms with E-state index in [0.29, 0.717) is 19.5 Å². The van der Waals surface area contributed by atoms with Crippen LogP contribution in [0.15, 0.2) is 30.3 Å². The summed E-state index contributed by atoms with van der Waals surface area (Å²) in [6, 6.07) is 10.1. The van der Waals surface area contributed by atoms with Crippen molar-refractivity contribution in [3.63, 3.8) is 0 Å². The molecule has 2 rings (SSSR count). The van der Waals surface area contributed by atoms with Gasteiger partial charge in [-0.1, -0.05) is 30.3 Å². The van der Waals surface area contributed by atoms with Crippen LogP contribution in [-0.2, 0) is 16.4 Å². The molecule has 0 spiro atoms. The van der Waals surface area contributed by atoms with Crippen LogP contribution in [0.2, 0.25) is 0 Å². The number of rotatable bonds is 9. The molecular weight excluding hydrogens is 322 g/mol. The van der Waals surface area contributed by atoms with Gasteiger partial charge in [0.15, 0.2) is 0 Å². The molecule has 0 aromatic heterocycles. The monoisotopic (exact) mass is 353 g/mol. The molecule has 0 radical (unpaired) electrons. The average Bonchev–Trinajstić information content (AvgIpc) is 2.56. The lowest BCUT2D eigenvalue weighted by atomic mass is 10.1. The van der Waals surface area contributed by atoms with Crippen molar-refractivity contribution in [2.24, 2.45) is 0 Å². The fraction of sp³-hybridized carbons (Fsp3) is 0.667. The number of benzene rings is 1. The van der Waals surface area contributed by atoms with Crippen molar-refractivity contribution >= 4 is 10.0 Å². The molecular formula is C18H31N3O2S. The van der Waals surface area contributed by atoms with E-state index in [9.17, 15) is 8.42 Å². The van der Waals surface area contributed by atoms with E-state index in [-0.39, 0.29) is 5.75 Å². The number of aryl methyl sites for hydroxylation is 1. The summed E-state index contributed by atoms with van der Waals surface area (Å²) in [5.74, 6) is 0.253. The maximum Gasteiger partial charge on any atom is 0.214 e. The van der Waals surface area contributed by atoms with Crippen molar-refractivity contribution in [3.05, 3.63) is 35.9 Å². The van der Waals surface area contributed by atoms with Crippen molar-refractivity contribution in [3.8, 4) is 0 Å². The van der Waals surface area contributed by atoms with Gasteiger partial charge in [0.1, 0.15) is 0 Å². The molecule has 0 saturated carbocycles. The lowest BCUT2D eigenvalue weighted by Gasteiger charge is -2.34. The summed E-state index contributed by atoms with van der Waals surface area (Å²) in [6.07, 6.45) is 2.65. The average molecular weight is 354 g/mol. The Kier molecular flexibility index (Phi) is 7.68. The molecule has 1 heterocycles. The molecule has 0 aliphatic carbocycles. The summed E-state index contributed by atoms with van der Waals surface area (Å²) in [7, 11) is 1.05. The summed E-state index contributed by atoms with van der Waals surface area (Å²) >= 11 is 0. The highest BCUT2D eigenvalue weighted by Gasteiger charge is 2.26. The number of hydrogen-bond acceptors (Lipinski definition) is 4. The predicted octanol–water partition coefficient (Wildman–Crippen LogP) is 1.52. The van der Waals surface area contributed by atoms with Gasteiger partial charge in [0.2, 0.25) is 10.0 Å². The number of piperazine rings is 1. The molecule has 0 bridgehead atoms. The Bertz CT molecular complexity index is 567. The predicted molar refractivity (Wildman–Crippen MR) is 99.7 cm³/mol. The molecule has 0 unspecified atom stereocenters. The molecule has 1 saturated heterocycles. The first-order chi connectivity index (χ1) is 11.5. The van der Waals surface area contributed by atoms with Crippen molar-refractivity contribution in [2.45, 2.75) is 19.3 Å². The molecule has 1 aromatic rings. The van der Waals surface area contributed by atoms with Crippen molar-refractivity contribution in [1.82, 2.24) is 14.1 Å². The lowest BCUT2D eigenvalue weighted by molar-refractivity contribution is 0.181. The molecule has 0 N–H and O–H groups in total. The summed E-state index contributed by atoms with van der Waals surface area (Å²) in [6.45, 7) is 5.11. The molecule has 0 atom stereocenters. The Hall–Kier alpha value is -0.950. The zero-order chi connectivity index (χ0) is 17.4. The molecule has 1 aromatic carbocycles. The van der Waals surface area contributed by atoms with Gasteiger partial charge in [0.25, 0.3) is 0 Å². The number of sulfonamides is 1. The molecule has 1 aliphatic heterocycles. The van der Waals surface area contributed by atoms with E-state index in [1.165, 1.54) is 5.56 Å². The highest BCUT2D eigenvalue weighted by Crippen LogP contribution is 2.11. The van der Waals surface area contributed by atoms with Gasteiger partial charge >= 0.3 is 0 Å². The fourth-order valence-electron chi connectivity index (χ4n) is 3.07. The summed E-state index contributed by atoms with van der Waals surface area (Å²) in [4.78, 5) is 4.56. The highest BCUT2D eigenvalue weighted by atomic mass is 32.2. The maximum absolute atomic E-state index is 12.5. The van der Waals surface area contributed by atoms with E-state index in [1.54, 1.807) is 4.31 Å². The lowest BCUT2D eigenvalue weighted by Crippen LogP contribution is -2.49. The first-order valence-electron chi connectivity index (χ1n) is 8.86. The van der Waals surface area contributed by atoms with Gasteiger partial charge < -0.3 is 9.80 Å². The van der Waals surface area contributed by atoms with Gasteiger partial charge in [-0.15, -0.1) is 0 Å².